The van der Waals surface area contributed by atoms with Gasteiger partial charge >= 0.3 is 0 Å². The highest BCUT2D eigenvalue weighted by Crippen LogP contribution is 2.19. The van der Waals surface area contributed by atoms with E-state index in [-0.39, 0.29) is 0 Å². The van der Waals surface area contributed by atoms with Gasteiger partial charge < -0.3 is 10.2 Å². The molecule has 0 aliphatic heterocycles. The summed E-state index contributed by atoms with van der Waals surface area (Å²) >= 11 is 0. The van der Waals surface area contributed by atoms with E-state index in [1.807, 2.05) is 7.05 Å². The van der Waals surface area contributed by atoms with Gasteiger partial charge in [0, 0.05) is 19.3 Å². The van der Waals surface area contributed by atoms with Gasteiger partial charge in [0.05, 0.1) is 0 Å². The number of nitrogens with zero attached hydrogens (tertiary/aromatic N) is 1. The summed E-state index contributed by atoms with van der Waals surface area (Å²) in [6, 6.07) is 8.61. The van der Waals surface area contributed by atoms with Crippen LogP contribution in [0.1, 0.15) is 32.8 Å². The number of benzene rings is 1. The summed E-state index contributed by atoms with van der Waals surface area (Å²) < 4.78 is 0. The van der Waals surface area contributed by atoms with Gasteiger partial charge in [-0.1, -0.05) is 32.9 Å². The summed E-state index contributed by atoms with van der Waals surface area (Å²) in [5.41, 5.74) is 2.97. The van der Waals surface area contributed by atoms with Crippen LogP contribution in [0.3, 0.4) is 0 Å². The second kappa shape index (κ2) is 6.06. The number of rotatable bonds is 5. The molecule has 1 rings (SSSR count). The molecule has 0 fully saturated rings. The Bertz CT molecular complexity index is 339. The molecule has 0 heterocycles. The Balaban J connectivity index is 2.47. The Labute approximate surface area is 106 Å². The Hall–Kier alpha value is -1.02. The molecular formula is C15H26N2. The van der Waals surface area contributed by atoms with E-state index in [0.29, 0.717) is 5.41 Å². The van der Waals surface area contributed by atoms with E-state index in [1.165, 1.54) is 17.7 Å². The van der Waals surface area contributed by atoms with E-state index in [4.69, 9.17) is 0 Å². The van der Waals surface area contributed by atoms with Gasteiger partial charge in [0.25, 0.3) is 0 Å². The van der Waals surface area contributed by atoms with Crippen LogP contribution in [0.25, 0.3) is 0 Å². The van der Waals surface area contributed by atoms with Gasteiger partial charge in [0.15, 0.2) is 0 Å². The zero-order valence-electron chi connectivity index (χ0n) is 11.9. The lowest BCUT2D eigenvalue weighted by Gasteiger charge is -2.23. The Kier molecular flexibility index (Phi) is 5.01. The number of anilines is 1. The van der Waals surface area contributed by atoms with E-state index in [0.717, 1.165) is 13.1 Å². The van der Waals surface area contributed by atoms with Crippen molar-refractivity contribution in [3.63, 3.8) is 0 Å². The average molecular weight is 234 g/mol. The van der Waals surface area contributed by atoms with Crippen LogP contribution < -0.4 is 5.32 Å². The van der Waals surface area contributed by atoms with Crippen molar-refractivity contribution in [2.45, 2.75) is 33.7 Å². The Morgan fingerprint density at radius 3 is 2.53 bits per heavy atom. The van der Waals surface area contributed by atoms with Crippen molar-refractivity contribution in [1.82, 2.24) is 4.90 Å². The first-order valence-corrected chi connectivity index (χ1v) is 6.36. The average Bonchev–Trinajstić information content (AvgIpc) is 2.26. The molecule has 0 aliphatic carbocycles. The predicted molar refractivity (Wildman–Crippen MR) is 76.4 cm³/mol. The first-order chi connectivity index (χ1) is 7.90. The van der Waals surface area contributed by atoms with Crippen LogP contribution >= 0.6 is 0 Å². The molecule has 0 radical (unpaired) electrons. The third-order valence-electron chi connectivity index (χ3n) is 2.91. The highest BCUT2D eigenvalue weighted by Gasteiger charge is 2.11. The molecule has 0 amide bonds. The minimum Gasteiger partial charge on any atom is -0.388 e. The fourth-order valence-corrected chi connectivity index (χ4v) is 1.74. The topological polar surface area (TPSA) is 15.3 Å². The lowest BCUT2D eigenvalue weighted by molar-refractivity contribution is 0.259. The van der Waals surface area contributed by atoms with E-state index in [9.17, 15) is 0 Å². The highest BCUT2D eigenvalue weighted by atomic mass is 15.1. The van der Waals surface area contributed by atoms with Crippen LogP contribution in [-0.2, 0) is 6.54 Å². The van der Waals surface area contributed by atoms with Gasteiger partial charge in [0.2, 0.25) is 0 Å². The van der Waals surface area contributed by atoms with Crippen LogP contribution in [0.15, 0.2) is 24.3 Å². The number of hydrogen-bond donors (Lipinski definition) is 1. The largest absolute Gasteiger partial charge is 0.388 e. The van der Waals surface area contributed by atoms with Gasteiger partial charge in [-0.25, -0.2) is 0 Å². The summed E-state index contributed by atoms with van der Waals surface area (Å²) in [5.74, 6) is 0. The first-order valence-electron chi connectivity index (χ1n) is 6.36. The van der Waals surface area contributed by atoms with Crippen molar-refractivity contribution in [3.8, 4) is 0 Å². The summed E-state index contributed by atoms with van der Waals surface area (Å²) in [4.78, 5) is 2.39. The maximum atomic E-state index is 3.18. The fraction of sp³-hybridized carbons (Fsp3) is 0.600. The van der Waals surface area contributed by atoms with E-state index in [2.05, 4.69) is 62.3 Å². The van der Waals surface area contributed by atoms with E-state index >= 15 is 0 Å². The molecule has 0 aliphatic rings. The van der Waals surface area contributed by atoms with Crippen molar-refractivity contribution in [1.29, 1.82) is 0 Å². The maximum Gasteiger partial charge on any atom is 0.0340 e. The summed E-state index contributed by atoms with van der Waals surface area (Å²) in [6.45, 7) is 9.05. The zero-order valence-corrected chi connectivity index (χ0v) is 11.9. The normalized spacial score (nSPS) is 11.9. The van der Waals surface area contributed by atoms with Gasteiger partial charge in [-0.2, -0.15) is 0 Å². The second-order valence-electron chi connectivity index (χ2n) is 6.00. The van der Waals surface area contributed by atoms with Crippen molar-refractivity contribution in [2.24, 2.45) is 5.41 Å². The van der Waals surface area contributed by atoms with E-state index < -0.39 is 0 Å². The SMILES string of the molecule is CNc1cccc(CN(C)CCC(C)(C)C)c1. The van der Waals surface area contributed by atoms with Gasteiger partial charge in [-0.05, 0) is 43.1 Å². The van der Waals surface area contributed by atoms with Crippen LogP contribution in [0, 0.1) is 5.41 Å². The summed E-state index contributed by atoms with van der Waals surface area (Å²) in [5, 5.41) is 3.18. The van der Waals surface area contributed by atoms with E-state index in [1.54, 1.807) is 0 Å². The molecule has 17 heavy (non-hydrogen) atoms. The lowest BCUT2D eigenvalue weighted by Crippen LogP contribution is -2.23. The molecule has 0 aromatic heterocycles. The Morgan fingerprint density at radius 1 is 1.24 bits per heavy atom. The predicted octanol–water partition coefficient (Wildman–Crippen LogP) is 3.60. The molecule has 1 aromatic rings. The molecule has 0 saturated carbocycles. The summed E-state index contributed by atoms with van der Waals surface area (Å²) in [6.07, 6.45) is 1.23. The molecule has 2 nitrogen and oxygen atoms in total. The molecule has 0 atom stereocenters. The van der Waals surface area contributed by atoms with Crippen LogP contribution in [0.4, 0.5) is 5.69 Å². The molecule has 96 valence electrons. The lowest BCUT2D eigenvalue weighted by atomic mass is 9.92. The standard InChI is InChI=1S/C15H26N2/c1-15(2,3)9-10-17(5)12-13-7-6-8-14(11-13)16-4/h6-8,11,16H,9-10,12H2,1-5H3. The Morgan fingerprint density at radius 2 is 1.94 bits per heavy atom. The molecule has 0 saturated heterocycles. The maximum absolute atomic E-state index is 3.18. The second-order valence-corrected chi connectivity index (χ2v) is 6.00. The third kappa shape index (κ3) is 5.73. The molecule has 0 spiro atoms. The summed E-state index contributed by atoms with van der Waals surface area (Å²) in [7, 11) is 4.15. The van der Waals surface area contributed by atoms with Crippen LogP contribution in [-0.4, -0.2) is 25.5 Å². The molecule has 1 aromatic carbocycles. The molecule has 1 N–H and O–H groups in total. The molecule has 2 heteroatoms. The highest BCUT2D eigenvalue weighted by molar-refractivity contribution is 5.44. The van der Waals surface area contributed by atoms with Crippen molar-refractivity contribution < 1.29 is 0 Å². The van der Waals surface area contributed by atoms with Crippen LogP contribution in [0.2, 0.25) is 0 Å². The quantitative estimate of drug-likeness (QED) is 0.837. The van der Waals surface area contributed by atoms with Crippen molar-refractivity contribution >= 4 is 5.69 Å². The third-order valence-corrected chi connectivity index (χ3v) is 2.91. The minimum atomic E-state index is 0.418. The first kappa shape index (κ1) is 14.0. The molecular weight excluding hydrogens is 208 g/mol. The molecule has 0 bridgehead atoms. The molecule has 0 unspecified atom stereocenters. The smallest absolute Gasteiger partial charge is 0.0340 e. The fourth-order valence-electron chi connectivity index (χ4n) is 1.74. The van der Waals surface area contributed by atoms with Crippen molar-refractivity contribution in [3.05, 3.63) is 29.8 Å². The minimum absolute atomic E-state index is 0.418. The van der Waals surface area contributed by atoms with Gasteiger partial charge in [0.1, 0.15) is 0 Å². The van der Waals surface area contributed by atoms with Crippen molar-refractivity contribution in [2.75, 3.05) is 26.0 Å². The number of nitrogens with one attached hydrogen (secondary N) is 1. The monoisotopic (exact) mass is 234 g/mol. The van der Waals surface area contributed by atoms with Gasteiger partial charge in [-0.3, -0.25) is 0 Å². The van der Waals surface area contributed by atoms with Gasteiger partial charge in [-0.15, -0.1) is 0 Å². The zero-order chi connectivity index (χ0) is 12.9. The van der Waals surface area contributed by atoms with Crippen LogP contribution in [0.5, 0.6) is 0 Å². The number of hydrogen-bond acceptors (Lipinski definition) is 2.